The maximum absolute atomic E-state index is 11.4. The number of nitrogens with one attached hydrogen (secondary N) is 1. The van der Waals surface area contributed by atoms with Gasteiger partial charge in [0.25, 0.3) is 5.19 Å². The molecule has 2 aliphatic heterocycles. The number of amides is 1. The van der Waals surface area contributed by atoms with Gasteiger partial charge in [0.15, 0.2) is 0 Å². The number of carbonyl (C=O) groups is 1. The number of hydrogen-bond donors (Lipinski definition) is 1. The van der Waals surface area contributed by atoms with Crippen molar-refractivity contribution in [2.24, 2.45) is 0 Å². The monoisotopic (exact) mass is 441 g/mol. The number of aromatic nitrogens is 1. The number of carbonyl (C=O) groups excluding carboxylic acids is 1. The van der Waals surface area contributed by atoms with Crippen LogP contribution in [0.15, 0.2) is 42.5 Å². The summed E-state index contributed by atoms with van der Waals surface area (Å²) in [5, 5.41) is 4.36. The van der Waals surface area contributed by atoms with E-state index in [4.69, 9.17) is 16.3 Å². The zero-order valence-corrected chi connectivity index (χ0v) is 18.4. The molecule has 7 heteroatoms. The van der Waals surface area contributed by atoms with Gasteiger partial charge in [-0.2, -0.15) is 0 Å². The predicted octanol–water partition coefficient (Wildman–Crippen LogP) is 5.37. The summed E-state index contributed by atoms with van der Waals surface area (Å²) in [7, 11) is 0. The summed E-state index contributed by atoms with van der Waals surface area (Å²) >= 11 is 7.71. The lowest BCUT2D eigenvalue weighted by molar-refractivity contribution is -0.120. The summed E-state index contributed by atoms with van der Waals surface area (Å²) in [6.07, 6.45) is 4.55. The summed E-state index contributed by atoms with van der Waals surface area (Å²) in [6.45, 7) is 2.56. The van der Waals surface area contributed by atoms with Crippen molar-refractivity contribution in [2.45, 2.75) is 57.3 Å². The van der Waals surface area contributed by atoms with E-state index in [1.165, 1.54) is 29.7 Å². The molecule has 1 aromatic heterocycles. The van der Waals surface area contributed by atoms with Crippen molar-refractivity contribution in [3.05, 3.63) is 53.1 Å². The number of benzene rings is 2. The Bertz CT molecular complexity index is 1050. The quantitative estimate of drug-likeness (QED) is 0.578. The van der Waals surface area contributed by atoms with E-state index in [2.05, 4.69) is 27.3 Å². The molecule has 2 atom stereocenters. The van der Waals surface area contributed by atoms with Gasteiger partial charge in [0.2, 0.25) is 5.91 Å². The molecule has 2 bridgehead atoms. The van der Waals surface area contributed by atoms with Crippen molar-refractivity contribution in [2.75, 3.05) is 0 Å². The summed E-state index contributed by atoms with van der Waals surface area (Å²) in [5.41, 5.74) is 2.07. The Hall–Kier alpha value is -2.15. The molecule has 0 spiro atoms. The second-order valence-corrected chi connectivity index (χ2v) is 9.64. The van der Waals surface area contributed by atoms with E-state index in [9.17, 15) is 4.79 Å². The van der Waals surface area contributed by atoms with E-state index in [0.29, 0.717) is 28.3 Å². The van der Waals surface area contributed by atoms with Gasteiger partial charge in [0, 0.05) is 31.6 Å². The minimum Gasteiger partial charge on any atom is -0.431 e. The minimum absolute atomic E-state index is 0.0823. The SMILES string of the molecule is CC(=O)NC1CC2CCC(C1)N2Cc1ccc(Oc2nc3c(Cl)cccc3s2)cc1. The summed E-state index contributed by atoms with van der Waals surface area (Å²) in [5.74, 6) is 0.861. The van der Waals surface area contributed by atoms with Crippen LogP contribution >= 0.6 is 22.9 Å². The van der Waals surface area contributed by atoms with Gasteiger partial charge in [-0.3, -0.25) is 9.69 Å². The van der Waals surface area contributed by atoms with Crippen LogP contribution in [-0.2, 0) is 11.3 Å². The van der Waals surface area contributed by atoms with E-state index in [1.807, 2.05) is 30.3 Å². The second kappa shape index (κ2) is 8.17. The van der Waals surface area contributed by atoms with Crippen LogP contribution in [0.2, 0.25) is 5.02 Å². The van der Waals surface area contributed by atoms with Crippen LogP contribution in [0.4, 0.5) is 0 Å². The Balaban J connectivity index is 1.23. The van der Waals surface area contributed by atoms with Gasteiger partial charge < -0.3 is 10.1 Å². The Labute approximate surface area is 185 Å². The number of fused-ring (bicyclic) bond motifs is 3. The molecule has 1 amide bonds. The number of thiazole rings is 1. The van der Waals surface area contributed by atoms with Crippen molar-refractivity contribution >= 4 is 39.1 Å². The third kappa shape index (κ3) is 4.04. The van der Waals surface area contributed by atoms with Gasteiger partial charge in [-0.15, -0.1) is 0 Å². The van der Waals surface area contributed by atoms with Gasteiger partial charge in [-0.1, -0.05) is 41.1 Å². The molecule has 2 aliphatic rings. The van der Waals surface area contributed by atoms with Crippen LogP contribution in [0.25, 0.3) is 10.2 Å². The molecule has 2 saturated heterocycles. The van der Waals surface area contributed by atoms with Crippen LogP contribution in [0.3, 0.4) is 0 Å². The van der Waals surface area contributed by atoms with E-state index in [-0.39, 0.29) is 5.91 Å². The topological polar surface area (TPSA) is 54.5 Å². The lowest BCUT2D eigenvalue weighted by atomic mass is 9.96. The van der Waals surface area contributed by atoms with Gasteiger partial charge in [-0.05, 0) is 55.5 Å². The summed E-state index contributed by atoms with van der Waals surface area (Å²) < 4.78 is 6.98. The van der Waals surface area contributed by atoms with Crippen LogP contribution in [-0.4, -0.2) is 33.9 Å². The number of ether oxygens (including phenoxy) is 1. The van der Waals surface area contributed by atoms with E-state index in [1.54, 1.807) is 6.92 Å². The number of para-hydroxylation sites is 1. The Morgan fingerprint density at radius 2 is 1.93 bits per heavy atom. The maximum Gasteiger partial charge on any atom is 0.279 e. The number of halogens is 1. The summed E-state index contributed by atoms with van der Waals surface area (Å²) in [6, 6.07) is 15.5. The Morgan fingerprint density at radius 3 is 2.60 bits per heavy atom. The first-order chi connectivity index (χ1) is 14.5. The van der Waals surface area contributed by atoms with Gasteiger partial charge in [0.1, 0.15) is 11.3 Å². The van der Waals surface area contributed by atoms with Crippen LogP contribution in [0.1, 0.15) is 38.2 Å². The fourth-order valence-corrected chi connectivity index (χ4v) is 5.99. The predicted molar refractivity (Wildman–Crippen MR) is 120 cm³/mol. The van der Waals surface area contributed by atoms with Crippen molar-refractivity contribution in [3.8, 4) is 10.9 Å². The average molecular weight is 442 g/mol. The fraction of sp³-hybridized carbons (Fsp3) is 0.391. The third-order valence-electron chi connectivity index (χ3n) is 6.14. The molecule has 5 nitrogen and oxygen atoms in total. The highest BCUT2D eigenvalue weighted by Gasteiger charge is 2.40. The summed E-state index contributed by atoms with van der Waals surface area (Å²) in [4.78, 5) is 18.5. The first-order valence-corrected chi connectivity index (χ1v) is 11.6. The molecule has 2 aromatic carbocycles. The largest absolute Gasteiger partial charge is 0.431 e. The molecule has 0 aliphatic carbocycles. The van der Waals surface area contributed by atoms with Crippen molar-refractivity contribution in [1.29, 1.82) is 0 Å². The molecule has 30 heavy (non-hydrogen) atoms. The molecule has 0 saturated carbocycles. The molecular formula is C23H24ClN3O2S. The maximum atomic E-state index is 11.4. The Kier molecular flexibility index (Phi) is 5.39. The van der Waals surface area contributed by atoms with Crippen molar-refractivity contribution in [1.82, 2.24) is 15.2 Å². The first kappa shape index (κ1) is 19.8. The highest BCUT2D eigenvalue weighted by atomic mass is 35.5. The van der Waals surface area contributed by atoms with Crippen LogP contribution < -0.4 is 10.1 Å². The molecule has 3 heterocycles. The van der Waals surface area contributed by atoms with Crippen LogP contribution in [0.5, 0.6) is 10.9 Å². The lowest BCUT2D eigenvalue weighted by Gasteiger charge is -2.39. The molecule has 156 valence electrons. The van der Waals surface area contributed by atoms with E-state index < -0.39 is 0 Å². The molecule has 2 fully saturated rings. The standard InChI is InChI=1S/C23H24ClN3O2S/c1-14(28)25-16-11-17-7-8-18(12-16)27(17)13-15-5-9-19(10-6-15)29-23-26-22-20(24)3-2-4-21(22)30-23/h2-6,9-10,16-18H,7-8,11-13H2,1H3,(H,25,28). The smallest absolute Gasteiger partial charge is 0.279 e. The number of nitrogens with zero attached hydrogens (tertiary/aromatic N) is 2. The number of piperidine rings is 1. The first-order valence-electron chi connectivity index (χ1n) is 10.4. The molecule has 1 N–H and O–H groups in total. The molecule has 3 aromatic rings. The molecular weight excluding hydrogens is 418 g/mol. The van der Waals surface area contributed by atoms with Crippen molar-refractivity contribution < 1.29 is 9.53 Å². The van der Waals surface area contributed by atoms with Crippen LogP contribution in [0, 0.1) is 0 Å². The molecule has 0 radical (unpaired) electrons. The fourth-order valence-electron chi connectivity index (χ4n) is 4.85. The third-order valence-corrected chi connectivity index (χ3v) is 7.34. The van der Waals surface area contributed by atoms with E-state index in [0.717, 1.165) is 35.4 Å². The zero-order chi connectivity index (χ0) is 20.7. The lowest BCUT2D eigenvalue weighted by Crippen LogP contribution is -2.49. The second-order valence-electron chi connectivity index (χ2n) is 8.24. The molecule has 5 rings (SSSR count). The number of rotatable bonds is 5. The molecule has 2 unspecified atom stereocenters. The average Bonchev–Trinajstić information content (AvgIpc) is 3.21. The number of hydrogen-bond acceptors (Lipinski definition) is 5. The normalized spacial score (nSPS) is 23.6. The van der Waals surface area contributed by atoms with E-state index >= 15 is 0 Å². The highest BCUT2D eigenvalue weighted by Crippen LogP contribution is 2.38. The minimum atomic E-state index is 0.0823. The van der Waals surface area contributed by atoms with Gasteiger partial charge >= 0.3 is 0 Å². The zero-order valence-electron chi connectivity index (χ0n) is 16.8. The highest BCUT2D eigenvalue weighted by molar-refractivity contribution is 7.20. The van der Waals surface area contributed by atoms with Crippen molar-refractivity contribution in [3.63, 3.8) is 0 Å². The van der Waals surface area contributed by atoms with Gasteiger partial charge in [-0.25, -0.2) is 4.98 Å². The van der Waals surface area contributed by atoms with Gasteiger partial charge in [0.05, 0.1) is 9.72 Å². The Morgan fingerprint density at radius 1 is 1.20 bits per heavy atom.